The Morgan fingerprint density at radius 2 is 1.67 bits per heavy atom. The normalized spacial score (nSPS) is 15.7. The summed E-state index contributed by atoms with van der Waals surface area (Å²) in [7, 11) is 0. The van der Waals surface area contributed by atoms with Gasteiger partial charge in [0.05, 0.1) is 11.4 Å². The Morgan fingerprint density at radius 1 is 1.03 bits per heavy atom. The molecule has 1 saturated heterocycles. The molecule has 1 N–H and O–H groups in total. The van der Waals surface area contributed by atoms with Gasteiger partial charge in [0.2, 0.25) is 0 Å². The molecule has 0 aliphatic carbocycles. The average Bonchev–Trinajstić information content (AvgIpc) is 3.29. The van der Waals surface area contributed by atoms with Crippen LogP contribution in [0.5, 0.6) is 0 Å². The van der Waals surface area contributed by atoms with Crippen LogP contribution < -0.4 is 10.7 Å². The molecule has 1 aliphatic heterocycles. The summed E-state index contributed by atoms with van der Waals surface area (Å²) in [5.41, 5.74) is 4.88. The van der Waals surface area contributed by atoms with Crippen LogP contribution in [0, 0.1) is 13.8 Å². The van der Waals surface area contributed by atoms with Gasteiger partial charge in [0.15, 0.2) is 11.2 Å². The first-order chi connectivity index (χ1) is 15.6. The third-order valence-electron chi connectivity index (χ3n) is 6.77. The van der Waals surface area contributed by atoms with Gasteiger partial charge >= 0.3 is 0 Å². The lowest BCUT2D eigenvalue weighted by atomic mass is 9.86. The molecular weight excluding hydrogens is 412 g/mol. The van der Waals surface area contributed by atoms with Crippen molar-refractivity contribution in [1.82, 2.24) is 10.2 Å². The molecular formula is C28H34N2O3. The summed E-state index contributed by atoms with van der Waals surface area (Å²) < 4.78 is 5.83. The molecule has 1 aliphatic rings. The predicted octanol–water partition coefficient (Wildman–Crippen LogP) is 5.27. The van der Waals surface area contributed by atoms with Crippen LogP contribution in [-0.2, 0) is 5.41 Å². The highest BCUT2D eigenvalue weighted by Crippen LogP contribution is 2.28. The van der Waals surface area contributed by atoms with Crippen LogP contribution in [0.25, 0.3) is 11.0 Å². The number of nitrogens with one attached hydrogen (secondary N) is 1. The number of amides is 1. The first kappa shape index (κ1) is 23.2. The van der Waals surface area contributed by atoms with Gasteiger partial charge < -0.3 is 9.73 Å². The van der Waals surface area contributed by atoms with Crippen molar-refractivity contribution in [3.63, 3.8) is 0 Å². The molecule has 174 valence electrons. The molecule has 2 heterocycles. The molecule has 0 radical (unpaired) electrons. The molecule has 4 rings (SSSR count). The number of carbonyl (C=O) groups is 1. The van der Waals surface area contributed by atoms with E-state index < -0.39 is 0 Å². The standard InChI is InChI=1S/C28H34N2O3/c1-18-14-22-24(31)16-26(33-25(22)15-19(18)2)27(32)29-17-23(30-12-6-7-13-30)20-8-10-21(11-9-20)28(3,4)5/h8-11,14-16,23H,6-7,12-13,17H2,1-5H3,(H,29,32). The number of benzene rings is 2. The molecule has 0 saturated carbocycles. The van der Waals surface area contributed by atoms with Gasteiger partial charge in [-0.3, -0.25) is 14.5 Å². The van der Waals surface area contributed by atoms with Gasteiger partial charge in [-0.15, -0.1) is 0 Å². The van der Waals surface area contributed by atoms with E-state index in [-0.39, 0.29) is 28.6 Å². The summed E-state index contributed by atoms with van der Waals surface area (Å²) in [4.78, 5) is 28.0. The van der Waals surface area contributed by atoms with Crippen molar-refractivity contribution >= 4 is 16.9 Å². The summed E-state index contributed by atoms with van der Waals surface area (Å²) in [6.07, 6.45) is 2.34. The Hall–Kier alpha value is -2.92. The van der Waals surface area contributed by atoms with E-state index in [1.165, 1.54) is 30.0 Å². The lowest BCUT2D eigenvalue weighted by Crippen LogP contribution is -2.37. The third kappa shape index (κ3) is 5.03. The summed E-state index contributed by atoms with van der Waals surface area (Å²) in [5, 5.41) is 3.53. The predicted molar refractivity (Wildman–Crippen MR) is 133 cm³/mol. The minimum atomic E-state index is -0.359. The number of carbonyl (C=O) groups excluding carboxylic acids is 1. The molecule has 5 heteroatoms. The van der Waals surface area contributed by atoms with Crippen molar-refractivity contribution in [2.24, 2.45) is 0 Å². The Balaban J connectivity index is 1.56. The highest BCUT2D eigenvalue weighted by molar-refractivity contribution is 5.93. The Bertz CT molecular complexity index is 1210. The first-order valence-corrected chi connectivity index (χ1v) is 11.8. The van der Waals surface area contributed by atoms with E-state index in [2.05, 4.69) is 55.3 Å². The van der Waals surface area contributed by atoms with E-state index in [1.54, 1.807) is 0 Å². The Labute approximate surface area is 195 Å². The van der Waals surface area contributed by atoms with Crippen LogP contribution in [0.1, 0.15) is 72.5 Å². The molecule has 1 atom stereocenters. The third-order valence-corrected chi connectivity index (χ3v) is 6.77. The maximum atomic E-state index is 13.0. The Kier molecular flexibility index (Phi) is 6.44. The minimum Gasteiger partial charge on any atom is -0.451 e. The second-order valence-electron chi connectivity index (χ2n) is 10.2. The second kappa shape index (κ2) is 9.14. The molecule has 1 amide bonds. The van der Waals surface area contributed by atoms with Crippen LogP contribution in [0.15, 0.2) is 51.7 Å². The van der Waals surface area contributed by atoms with Crippen molar-refractivity contribution in [2.45, 2.75) is 58.9 Å². The fourth-order valence-electron chi connectivity index (χ4n) is 4.52. The maximum absolute atomic E-state index is 13.0. The molecule has 5 nitrogen and oxygen atoms in total. The zero-order valence-electron chi connectivity index (χ0n) is 20.3. The number of nitrogens with zero attached hydrogens (tertiary/aromatic N) is 1. The van der Waals surface area contributed by atoms with E-state index in [1.807, 2.05) is 26.0 Å². The fourth-order valence-corrected chi connectivity index (χ4v) is 4.52. The highest BCUT2D eigenvalue weighted by atomic mass is 16.3. The van der Waals surface area contributed by atoms with Gasteiger partial charge in [-0.1, -0.05) is 45.0 Å². The van der Waals surface area contributed by atoms with E-state index in [0.29, 0.717) is 17.5 Å². The first-order valence-electron chi connectivity index (χ1n) is 11.8. The molecule has 3 aromatic rings. The summed E-state index contributed by atoms with van der Waals surface area (Å²) in [6.45, 7) is 13.0. The lowest BCUT2D eigenvalue weighted by Gasteiger charge is -2.29. The van der Waals surface area contributed by atoms with Gasteiger partial charge in [-0.2, -0.15) is 0 Å². The molecule has 0 spiro atoms. The number of hydrogen-bond donors (Lipinski definition) is 1. The summed E-state index contributed by atoms with van der Waals surface area (Å²) in [6, 6.07) is 13.8. The van der Waals surface area contributed by atoms with Crippen LogP contribution in [0.4, 0.5) is 0 Å². The van der Waals surface area contributed by atoms with Crippen molar-refractivity contribution in [1.29, 1.82) is 0 Å². The summed E-state index contributed by atoms with van der Waals surface area (Å²) >= 11 is 0. The quantitative estimate of drug-likeness (QED) is 0.580. The number of likely N-dealkylation sites (tertiary alicyclic amines) is 1. The van der Waals surface area contributed by atoms with Crippen LogP contribution >= 0.6 is 0 Å². The van der Waals surface area contributed by atoms with Gasteiger partial charge in [0.25, 0.3) is 5.91 Å². The maximum Gasteiger partial charge on any atom is 0.287 e. The number of fused-ring (bicyclic) bond motifs is 1. The SMILES string of the molecule is Cc1cc2oc(C(=O)NCC(c3ccc(C(C)(C)C)cc3)N3CCCC3)cc(=O)c2cc1C. The monoisotopic (exact) mass is 446 g/mol. The number of aryl methyl sites for hydroxylation is 2. The Morgan fingerprint density at radius 3 is 2.30 bits per heavy atom. The average molecular weight is 447 g/mol. The zero-order chi connectivity index (χ0) is 23.8. The van der Waals surface area contributed by atoms with E-state index in [0.717, 1.165) is 24.2 Å². The van der Waals surface area contributed by atoms with Gasteiger partial charge in [-0.25, -0.2) is 0 Å². The van der Waals surface area contributed by atoms with Crippen LogP contribution in [0.2, 0.25) is 0 Å². The van der Waals surface area contributed by atoms with E-state index >= 15 is 0 Å². The largest absolute Gasteiger partial charge is 0.451 e. The number of rotatable bonds is 5. The van der Waals surface area contributed by atoms with Crippen LogP contribution in [-0.4, -0.2) is 30.4 Å². The van der Waals surface area contributed by atoms with Gasteiger partial charge in [-0.05, 0) is 79.6 Å². The summed E-state index contributed by atoms with van der Waals surface area (Å²) in [5.74, 6) is -0.304. The topological polar surface area (TPSA) is 62.6 Å². The molecule has 0 bridgehead atoms. The molecule has 1 unspecified atom stereocenters. The molecule has 1 fully saturated rings. The highest BCUT2D eigenvalue weighted by Gasteiger charge is 2.25. The minimum absolute atomic E-state index is 0.0546. The van der Waals surface area contributed by atoms with E-state index in [9.17, 15) is 9.59 Å². The smallest absolute Gasteiger partial charge is 0.287 e. The van der Waals surface area contributed by atoms with Crippen molar-refractivity contribution < 1.29 is 9.21 Å². The van der Waals surface area contributed by atoms with Gasteiger partial charge in [0.1, 0.15) is 5.58 Å². The van der Waals surface area contributed by atoms with Crippen molar-refractivity contribution in [3.05, 3.63) is 80.7 Å². The van der Waals surface area contributed by atoms with Crippen molar-refractivity contribution in [3.8, 4) is 0 Å². The van der Waals surface area contributed by atoms with Crippen LogP contribution in [0.3, 0.4) is 0 Å². The fraction of sp³-hybridized carbons (Fsp3) is 0.429. The second-order valence-corrected chi connectivity index (χ2v) is 10.2. The zero-order valence-corrected chi connectivity index (χ0v) is 20.3. The van der Waals surface area contributed by atoms with E-state index in [4.69, 9.17) is 4.42 Å². The molecule has 2 aromatic carbocycles. The van der Waals surface area contributed by atoms with Crippen molar-refractivity contribution in [2.75, 3.05) is 19.6 Å². The lowest BCUT2D eigenvalue weighted by molar-refractivity contribution is 0.0910. The van der Waals surface area contributed by atoms with Gasteiger partial charge in [0, 0.05) is 12.6 Å². The molecule has 33 heavy (non-hydrogen) atoms. The molecule has 1 aromatic heterocycles. The number of hydrogen-bond acceptors (Lipinski definition) is 4.